The number of rotatable bonds is 6. The molecule has 1 aromatic heterocycles. The number of nitro groups is 1. The maximum Gasteiger partial charge on any atom is 0.408 e. The molecule has 1 aliphatic rings. The average Bonchev–Trinajstić information content (AvgIpc) is 3.26. The topological polar surface area (TPSA) is 170 Å². The quantitative estimate of drug-likeness (QED) is 0.363. The summed E-state index contributed by atoms with van der Waals surface area (Å²) in [7, 11) is 0. The van der Waals surface area contributed by atoms with Crippen LogP contribution >= 0.6 is 0 Å². The fourth-order valence-electron chi connectivity index (χ4n) is 3.28. The van der Waals surface area contributed by atoms with E-state index in [1.165, 1.54) is 31.2 Å². The predicted octanol–water partition coefficient (Wildman–Crippen LogP) is 2.70. The summed E-state index contributed by atoms with van der Waals surface area (Å²) in [6, 6.07) is 4.65. The van der Waals surface area contributed by atoms with Crippen LogP contribution in [0.2, 0.25) is 0 Å². The highest BCUT2D eigenvalue weighted by Gasteiger charge is 2.49. The first kappa shape index (κ1) is 24.6. The maximum absolute atomic E-state index is 13.1. The highest BCUT2D eigenvalue weighted by Crippen LogP contribution is 2.31. The van der Waals surface area contributed by atoms with E-state index >= 15 is 0 Å². The highest BCUT2D eigenvalue weighted by atomic mass is 16.6. The molecule has 2 heterocycles. The Morgan fingerprint density at radius 1 is 1.24 bits per heavy atom. The van der Waals surface area contributed by atoms with Gasteiger partial charge >= 0.3 is 12.1 Å². The van der Waals surface area contributed by atoms with Crippen LogP contribution in [0.25, 0.3) is 0 Å². The van der Waals surface area contributed by atoms with Crippen molar-refractivity contribution in [1.29, 1.82) is 0 Å². The van der Waals surface area contributed by atoms with Crippen molar-refractivity contribution in [2.24, 2.45) is 0 Å². The Hall–Kier alpha value is -4.03. The van der Waals surface area contributed by atoms with Gasteiger partial charge in [0.05, 0.1) is 4.92 Å². The van der Waals surface area contributed by atoms with Gasteiger partial charge in [0.15, 0.2) is 5.82 Å². The SMILES string of the molecule is CC(C)(C)OC(=O)NC(C)(C)c1noc(CN2C(=O)NC(C)(c3ccc([N+](=O)[O-])cc3)C2=O)n1. The fraction of sp³-hybridized carbons (Fsp3) is 0.476. The number of nitro benzene ring substituents is 1. The summed E-state index contributed by atoms with van der Waals surface area (Å²) in [5, 5.41) is 20.0. The normalized spacial score (nSPS) is 18.6. The smallest absolute Gasteiger partial charge is 0.408 e. The van der Waals surface area contributed by atoms with Gasteiger partial charge in [-0.1, -0.05) is 5.16 Å². The molecule has 3 rings (SSSR count). The number of nitrogens with zero attached hydrogens (tertiary/aromatic N) is 4. The van der Waals surface area contributed by atoms with Gasteiger partial charge < -0.3 is 19.9 Å². The van der Waals surface area contributed by atoms with Crippen molar-refractivity contribution in [2.45, 2.75) is 64.8 Å². The van der Waals surface area contributed by atoms with E-state index in [1.54, 1.807) is 34.6 Å². The molecule has 13 nitrogen and oxygen atoms in total. The first-order chi connectivity index (χ1) is 15.6. The maximum atomic E-state index is 13.1. The number of benzene rings is 1. The Morgan fingerprint density at radius 2 is 1.85 bits per heavy atom. The molecule has 0 aliphatic carbocycles. The van der Waals surface area contributed by atoms with Crippen molar-refractivity contribution in [1.82, 2.24) is 25.7 Å². The molecule has 0 bridgehead atoms. The minimum Gasteiger partial charge on any atom is -0.444 e. The van der Waals surface area contributed by atoms with E-state index in [2.05, 4.69) is 20.8 Å². The van der Waals surface area contributed by atoms with Crippen molar-refractivity contribution in [3.63, 3.8) is 0 Å². The summed E-state index contributed by atoms with van der Waals surface area (Å²) in [6.45, 7) is 9.68. The molecule has 182 valence electrons. The first-order valence-corrected chi connectivity index (χ1v) is 10.4. The van der Waals surface area contributed by atoms with Crippen LogP contribution in [-0.4, -0.2) is 43.6 Å². The molecule has 13 heteroatoms. The van der Waals surface area contributed by atoms with E-state index in [4.69, 9.17) is 9.26 Å². The number of non-ortho nitro benzene ring substituents is 1. The third-order valence-electron chi connectivity index (χ3n) is 5.06. The van der Waals surface area contributed by atoms with Gasteiger partial charge in [-0.15, -0.1) is 0 Å². The predicted molar refractivity (Wildman–Crippen MR) is 116 cm³/mol. The van der Waals surface area contributed by atoms with Gasteiger partial charge in [-0.2, -0.15) is 4.98 Å². The van der Waals surface area contributed by atoms with Gasteiger partial charge in [0.2, 0.25) is 5.89 Å². The van der Waals surface area contributed by atoms with Gasteiger partial charge in [-0.25, -0.2) is 9.59 Å². The minimum atomic E-state index is -1.42. The summed E-state index contributed by atoms with van der Waals surface area (Å²) >= 11 is 0. The number of alkyl carbamates (subject to hydrolysis) is 1. The van der Waals surface area contributed by atoms with Crippen LogP contribution in [-0.2, 0) is 27.2 Å². The van der Waals surface area contributed by atoms with Crippen LogP contribution < -0.4 is 10.6 Å². The molecule has 1 aromatic carbocycles. The number of amides is 4. The molecule has 0 radical (unpaired) electrons. The molecule has 2 N–H and O–H groups in total. The number of imide groups is 1. The fourth-order valence-corrected chi connectivity index (χ4v) is 3.28. The Kier molecular flexibility index (Phi) is 6.07. The number of carbonyl (C=O) groups excluding carboxylic acids is 3. The van der Waals surface area contributed by atoms with Crippen LogP contribution in [0.5, 0.6) is 0 Å². The summed E-state index contributed by atoms with van der Waals surface area (Å²) in [4.78, 5) is 53.2. The number of carbonyl (C=O) groups is 3. The molecule has 1 fully saturated rings. The van der Waals surface area contributed by atoms with Crippen molar-refractivity contribution < 1.29 is 28.6 Å². The van der Waals surface area contributed by atoms with E-state index in [1.807, 2.05) is 0 Å². The summed E-state index contributed by atoms with van der Waals surface area (Å²) < 4.78 is 10.4. The zero-order valence-electron chi connectivity index (χ0n) is 19.7. The van der Waals surface area contributed by atoms with Crippen molar-refractivity contribution in [3.05, 3.63) is 51.7 Å². The molecule has 0 saturated carbocycles. The lowest BCUT2D eigenvalue weighted by Crippen LogP contribution is -2.44. The van der Waals surface area contributed by atoms with Crippen LogP contribution in [0.3, 0.4) is 0 Å². The summed E-state index contributed by atoms with van der Waals surface area (Å²) in [5.74, 6) is -0.485. The molecular formula is C21H26N6O7. The number of aromatic nitrogens is 2. The van der Waals surface area contributed by atoms with Gasteiger partial charge in [-0.3, -0.25) is 19.8 Å². The van der Waals surface area contributed by atoms with Crippen LogP contribution in [0.1, 0.15) is 58.8 Å². The van der Waals surface area contributed by atoms with Crippen molar-refractivity contribution in [2.75, 3.05) is 0 Å². The Balaban J connectivity index is 1.74. The molecule has 2 aromatic rings. The number of hydrogen-bond donors (Lipinski definition) is 2. The number of nitrogens with one attached hydrogen (secondary N) is 2. The largest absolute Gasteiger partial charge is 0.444 e. The second kappa shape index (κ2) is 8.39. The van der Waals surface area contributed by atoms with Crippen LogP contribution in [0.15, 0.2) is 28.8 Å². The standard InChI is InChI=1S/C21H26N6O7/c1-19(2,3)33-18(30)24-20(4,5)15-22-14(34-25-15)11-26-16(28)21(6,23-17(26)29)12-7-9-13(10-8-12)27(31)32/h7-10H,11H2,1-6H3,(H,23,29)(H,24,30). The average molecular weight is 474 g/mol. The second-order valence-corrected chi connectivity index (χ2v) is 9.51. The second-order valence-electron chi connectivity index (χ2n) is 9.51. The zero-order valence-corrected chi connectivity index (χ0v) is 19.7. The lowest BCUT2D eigenvalue weighted by Gasteiger charge is -2.26. The molecule has 34 heavy (non-hydrogen) atoms. The lowest BCUT2D eigenvalue weighted by atomic mass is 9.92. The zero-order chi connectivity index (χ0) is 25.5. The number of ether oxygens (including phenoxy) is 1. The third kappa shape index (κ3) is 4.97. The van der Waals surface area contributed by atoms with Crippen molar-refractivity contribution in [3.8, 4) is 0 Å². The number of hydrogen-bond acceptors (Lipinski definition) is 9. The molecule has 1 atom stereocenters. The highest BCUT2D eigenvalue weighted by molar-refractivity contribution is 6.07. The Bertz CT molecular complexity index is 1140. The van der Waals surface area contributed by atoms with Gasteiger partial charge in [-0.05, 0) is 59.2 Å². The monoisotopic (exact) mass is 474 g/mol. The number of urea groups is 1. The Labute approximate surface area is 195 Å². The molecule has 1 aliphatic heterocycles. The minimum absolute atomic E-state index is 0.0227. The molecule has 1 unspecified atom stereocenters. The van der Waals surface area contributed by atoms with Gasteiger partial charge in [0.1, 0.15) is 23.2 Å². The summed E-state index contributed by atoms with van der Waals surface area (Å²) in [5.41, 5.74) is -2.93. The van der Waals surface area contributed by atoms with E-state index in [9.17, 15) is 24.5 Å². The third-order valence-corrected chi connectivity index (χ3v) is 5.06. The van der Waals surface area contributed by atoms with Crippen molar-refractivity contribution >= 4 is 23.7 Å². The Morgan fingerprint density at radius 3 is 2.41 bits per heavy atom. The first-order valence-electron chi connectivity index (χ1n) is 10.4. The molecule has 4 amide bonds. The molecule has 1 saturated heterocycles. The molecule has 0 spiro atoms. The van der Waals surface area contributed by atoms with Gasteiger partial charge in [0, 0.05) is 12.1 Å². The van der Waals surface area contributed by atoms with E-state index < -0.39 is 39.6 Å². The van der Waals surface area contributed by atoms with E-state index in [-0.39, 0.29) is 23.9 Å². The van der Waals surface area contributed by atoms with E-state index in [0.717, 1.165) is 4.90 Å². The van der Waals surface area contributed by atoms with Crippen LogP contribution in [0.4, 0.5) is 15.3 Å². The lowest BCUT2D eigenvalue weighted by molar-refractivity contribution is -0.384. The van der Waals surface area contributed by atoms with Crippen LogP contribution in [0, 0.1) is 10.1 Å². The van der Waals surface area contributed by atoms with E-state index in [0.29, 0.717) is 5.56 Å². The molecular weight excluding hydrogens is 448 g/mol. The summed E-state index contributed by atoms with van der Waals surface area (Å²) in [6.07, 6.45) is -0.670. The van der Waals surface area contributed by atoms with Gasteiger partial charge in [0.25, 0.3) is 11.6 Å².